The Morgan fingerprint density at radius 2 is 1.26 bits per heavy atom. The SMILES string of the molecule is CCc1ccnc(CCCc2cc(CC)ccn2)c1. The van der Waals surface area contributed by atoms with Gasteiger partial charge in [0.2, 0.25) is 0 Å². The molecule has 0 unspecified atom stereocenters. The fourth-order valence-corrected chi connectivity index (χ4v) is 2.22. The highest BCUT2D eigenvalue weighted by Gasteiger charge is 2.00. The van der Waals surface area contributed by atoms with E-state index in [0.29, 0.717) is 0 Å². The van der Waals surface area contributed by atoms with Gasteiger partial charge in [0.1, 0.15) is 0 Å². The minimum absolute atomic E-state index is 1.03. The first-order chi connectivity index (χ1) is 9.31. The van der Waals surface area contributed by atoms with Gasteiger partial charge in [-0.15, -0.1) is 0 Å². The minimum Gasteiger partial charge on any atom is -0.261 e. The van der Waals surface area contributed by atoms with Gasteiger partial charge in [-0.3, -0.25) is 9.97 Å². The summed E-state index contributed by atoms with van der Waals surface area (Å²) >= 11 is 0. The first kappa shape index (κ1) is 13.7. The van der Waals surface area contributed by atoms with Gasteiger partial charge in [-0.25, -0.2) is 0 Å². The van der Waals surface area contributed by atoms with Crippen molar-refractivity contribution in [3.05, 3.63) is 59.2 Å². The van der Waals surface area contributed by atoms with Gasteiger partial charge < -0.3 is 0 Å². The van der Waals surface area contributed by atoms with Gasteiger partial charge in [-0.05, 0) is 67.5 Å². The van der Waals surface area contributed by atoms with E-state index in [0.717, 1.165) is 32.1 Å². The summed E-state index contributed by atoms with van der Waals surface area (Å²) in [7, 11) is 0. The Morgan fingerprint density at radius 3 is 1.68 bits per heavy atom. The summed E-state index contributed by atoms with van der Waals surface area (Å²) < 4.78 is 0. The smallest absolute Gasteiger partial charge is 0.0406 e. The molecule has 19 heavy (non-hydrogen) atoms. The van der Waals surface area contributed by atoms with Gasteiger partial charge in [-0.2, -0.15) is 0 Å². The Kier molecular flexibility index (Phi) is 5.08. The molecule has 100 valence electrons. The summed E-state index contributed by atoms with van der Waals surface area (Å²) in [6, 6.07) is 8.62. The third-order valence-corrected chi connectivity index (χ3v) is 3.44. The van der Waals surface area contributed by atoms with Crippen molar-refractivity contribution in [3.63, 3.8) is 0 Å². The molecular formula is C17H22N2. The number of rotatable bonds is 6. The molecule has 0 fully saturated rings. The van der Waals surface area contributed by atoms with Crippen LogP contribution in [0, 0.1) is 0 Å². The quantitative estimate of drug-likeness (QED) is 0.784. The lowest BCUT2D eigenvalue weighted by Gasteiger charge is -2.04. The largest absolute Gasteiger partial charge is 0.261 e. The zero-order valence-electron chi connectivity index (χ0n) is 11.9. The number of nitrogens with zero attached hydrogens (tertiary/aromatic N) is 2. The molecule has 0 N–H and O–H groups in total. The van der Waals surface area contributed by atoms with Crippen LogP contribution in [0.2, 0.25) is 0 Å². The van der Waals surface area contributed by atoms with Crippen LogP contribution in [-0.2, 0) is 25.7 Å². The highest BCUT2D eigenvalue weighted by molar-refractivity contribution is 5.18. The molecule has 0 saturated carbocycles. The lowest BCUT2D eigenvalue weighted by Crippen LogP contribution is -1.96. The van der Waals surface area contributed by atoms with Crippen LogP contribution in [0.15, 0.2) is 36.7 Å². The van der Waals surface area contributed by atoms with Crippen molar-refractivity contribution in [3.8, 4) is 0 Å². The van der Waals surface area contributed by atoms with Crippen LogP contribution in [0.4, 0.5) is 0 Å². The summed E-state index contributed by atoms with van der Waals surface area (Å²) in [6.07, 6.45) is 9.18. The molecule has 0 bridgehead atoms. The van der Waals surface area contributed by atoms with Crippen molar-refractivity contribution in [1.82, 2.24) is 9.97 Å². The lowest BCUT2D eigenvalue weighted by molar-refractivity contribution is 0.777. The molecule has 0 spiro atoms. The third-order valence-electron chi connectivity index (χ3n) is 3.44. The fourth-order valence-electron chi connectivity index (χ4n) is 2.22. The topological polar surface area (TPSA) is 25.8 Å². The molecular weight excluding hydrogens is 232 g/mol. The summed E-state index contributed by atoms with van der Waals surface area (Å²) in [6.45, 7) is 4.36. The number of aryl methyl sites for hydroxylation is 4. The van der Waals surface area contributed by atoms with Gasteiger partial charge >= 0.3 is 0 Å². The van der Waals surface area contributed by atoms with Crippen LogP contribution in [0.5, 0.6) is 0 Å². The molecule has 0 saturated heterocycles. The van der Waals surface area contributed by atoms with Crippen LogP contribution in [0.3, 0.4) is 0 Å². The van der Waals surface area contributed by atoms with Crippen molar-refractivity contribution >= 4 is 0 Å². The summed E-state index contributed by atoms with van der Waals surface area (Å²) in [4.78, 5) is 8.86. The van der Waals surface area contributed by atoms with E-state index in [1.807, 2.05) is 12.4 Å². The highest BCUT2D eigenvalue weighted by Crippen LogP contribution is 2.09. The summed E-state index contributed by atoms with van der Waals surface area (Å²) in [5.74, 6) is 0. The van der Waals surface area contributed by atoms with E-state index >= 15 is 0 Å². The number of hydrogen-bond acceptors (Lipinski definition) is 2. The molecule has 2 heteroatoms. The van der Waals surface area contributed by atoms with Crippen molar-refractivity contribution in [2.24, 2.45) is 0 Å². The minimum atomic E-state index is 1.03. The lowest BCUT2D eigenvalue weighted by atomic mass is 10.1. The second-order valence-corrected chi connectivity index (χ2v) is 4.87. The van der Waals surface area contributed by atoms with Gasteiger partial charge in [0.25, 0.3) is 0 Å². The molecule has 2 heterocycles. The Bertz CT molecular complexity index is 473. The molecule has 2 rings (SSSR count). The summed E-state index contributed by atoms with van der Waals surface area (Å²) in [5, 5.41) is 0. The van der Waals surface area contributed by atoms with Gasteiger partial charge in [-0.1, -0.05) is 13.8 Å². The van der Waals surface area contributed by atoms with E-state index in [2.05, 4.69) is 48.1 Å². The molecule has 0 aliphatic heterocycles. The zero-order valence-corrected chi connectivity index (χ0v) is 11.9. The monoisotopic (exact) mass is 254 g/mol. The highest BCUT2D eigenvalue weighted by atomic mass is 14.7. The van der Waals surface area contributed by atoms with Crippen molar-refractivity contribution in [2.45, 2.75) is 46.0 Å². The maximum Gasteiger partial charge on any atom is 0.0406 e. The molecule has 2 aromatic heterocycles. The van der Waals surface area contributed by atoms with Crippen LogP contribution >= 0.6 is 0 Å². The standard InChI is InChI=1S/C17H22N2/c1-3-14-8-10-18-16(12-14)6-5-7-17-13-15(4-2)9-11-19-17/h8-13H,3-7H2,1-2H3. The van der Waals surface area contributed by atoms with E-state index in [1.54, 1.807) is 0 Å². The molecule has 0 aliphatic carbocycles. The Morgan fingerprint density at radius 1 is 0.789 bits per heavy atom. The van der Waals surface area contributed by atoms with Crippen LogP contribution in [-0.4, -0.2) is 9.97 Å². The fraction of sp³-hybridized carbons (Fsp3) is 0.412. The number of hydrogen-bond donors (Lipinski definition) is 0. The molecule has 2 nitrogen and oxygen atoms in total. The van der Waals surface area contributed by atoms with Crippen LogP contribution in [0.25, 0.3) is 0 Å². The van der Waals surface area contributed by atoms with Crippen LogP contribution in [0.1, 0.15) is 42.8 Å². The molecule has 2 aromatic rings. The summed E-state index contributed by atoms with van der Waals surface area (Å²) in [5.41, 5.74) is 5.14. The molecule has 0 radical (unpaired) electrons. The maximum absolute atomic E-state index is 4.43. The number of pyridine rings is 2. The van der Waals surface area contributed by atoms with Gasteiger partial charge in [0.05, 0.1) is 0 Å². The van der Waals surface area contributed by atoms with Crippen molar-refractivity contribution < 1.29 is 0 Å². The first-order valence-electron chi connectivity index (χ1n) is 7.19. The predicted molar refractivity (Wildman–Crippen MR) is 79.3 cm³/mol. The average molecular weight is 254 g/mol. The Balaban J connectivity index is 1.88. The zero-order chi connectivity index (χ0) is 13.5. The van der Waals surface area contributed by atoms with Crippen LogP contribution < -0.4 is 0 Å². The molecule has 0 aromatic carbocycles. The second-order valence-electron chi connectivity index (χ2n) is 4.87. The maximum atomic E-state index is 4.43. The molecule has 0 amide bonds. The normalized spacial score (nSPS) is 10.6. The number of aromatic nitrogens is 2. The molecule has 0 aliphatic rings. The van der Waals surface area contributed by atoms with E-state index in [-0.39, 0.29) is 0 Å². The van der Waals surface area contributed by atoms with Gasteiger partial charge in [0, 0.05) is 23.8 Å². The first-order valence-corrected chi connectivity index (χ1v) is 7.19. The average Bonchev–Trinajstić information content (AvgIpc) is 2.48. The van der Waals surface area contributed by atoms with E-state index in [9.17, 15) is 0 Å². The van der Waals surface area contributed by atoms with Crippen molar-refractivity contribution in [2.75, 3.05) is 0 Å². The third kappa shape index (κ3) is 4.16. The van der Waals surface area contributed by atoms with E-state index in [4.69, 9.17) is 0 Å². The second kappa shape index (κ2) is 7.03. The predicted octanol–water partition coefficient (Wildman–Crippen LogP) is 3.78. The van der Waals surface area contributed by atoms with Gasteiger partial charge in [0.15, 0.2) is 0 Å². The van der Waals surface area contributed by atoms with E-state index < -0.39 is 0 Å². The van der Waals surface area contributed by atoms with Crippen molar-refractivity contribution in [1.29, 1.82) is 0 Å². The Hall–Kier alpha value is -1.70. The van der Waals surface area contributed by atoms with E-state index in [1.165, 1.54) is 22.5 Å². The molecule has 0 atom stereocenters. The Labute approximate surface area is 115 Å².